The maximum Gasteiger partial charge on any atom is 0.314 e. The van der Waals surface area contributed by atoms with Crippen LogP contribution in [0.5, 0.6) is 0 Å². The van der Waals surface area contributed by atoms with Gasteiger partial charge in [0.1, 0.15) is 16.8 Å². The average molecular weight is 388 g/mol. The Labute approximate surface area is 156 Å². The summed E-state index contributed by atoms with van der Waals surface area (Å²) < 4.78 is 40.3. The minimum atomic E-state index is -4.03. The summed E-state index contributed by atoms with van der Waals surface area (Å²) in [5, 5.41) is 18.9. The first-order chi connectivity index (χ1) is 12.8. The van der Waals surface area contributed by atoms with E-state index >= 15 is 0 Å². The van der Waals surface area contributed by atoms with Gasteiger partial charge in [0.05, 0.1) is 11.0 Å². The Morgan fingerprint density at radius 3 is 2.33 bits per heavy atom. The second-order valence-electron chi connectivity index (χ2n) is 6.41. The Hall–Kier alpha value is -2.76. The lowest BCUT2D eigenvalue weighted by molar-refractivity contribution is -0.145. The molecule has 1 heterocycles. The molecular weight excluding hydrogens is 371 g/mol. The molecule has 8 heteroatoms. The van der Waals surface area contributed by atoms with Gasteiger partial charge >= 0.3 is 5.97 Å². The molecular formula is C19H17FN2O4S. The number of sulfonamides is 1. The Morgan fingerprint density at radius 2 is 1.78 bits per heavy atom. The van der Waals surface area contributed by atoms with Crippen molar-refractivity contribution in [2.45, 2.75) is 23.2 Å². The fourth-order valence-electron chi connectivity index (χ4n) is 3.45. The van der Waals surface area contributed by atoms with Crippen LogP contribution in [0, 0.1) is 17.1 Å². The Kier molecular flexibility index (Phi) is 5.00. The Morgan fingerprint density at radius 1 is 1.15 bits per heavy atom. The lowest BCUT2D eigenvalue weighted by atomic mass is 9.73. The van der Waals surface area contributed by atoms with Crippen LogP contribution in [-0.4, -0.2) is 36.9 Å². The molecule has 0 radical (unpaired) electrons. The number of halogens is 1. The van der Waals surface area contributed by atoms with Gasteiger partial charge < -0.3 is 5.11 Å². The molecule has 0 amide bonds. The van der Waals surface area contributed by atoms with Gasteiger partial charge in [-0.25, -0.2) is 12.8 Å². The minimum Gasteiger partial charge on any atom is -0.481 e. The highest BCUT2D eigenvalue weighted by molar-refractivity contribution is 7.89. The number of hydrogen-bond donors (Lipinski definition) is 1. The number of hydrogen-bond acceptors (Lipinski definition) is 4. The summed E-state index contributed by atoms with van der Waals surface area (Å²) in [7, 11) is -4.03. The van der Waals surface area contributed by atoms with E-state index in [1.54, 1.807) is 36.4 Å². The van der Waals surface area contributed by atoms with Crippen LogP contribution >= 0.6 is 0 Å². The summed E-state index contributed by atoms with van der Waals surface area (Å²) in [5.41, 5.74) is -0.795. The summed E-state index contributed by atoms with van der Waals surface area (Å²) in [6.45, 7) is -0.0163. The number of nitriles is 1. The van der Waals surface area contributed by atoms with Crippen LogP contribution in [0.4, 0.5) is 4.39 Å². The molecule has 0 bridgehead atoms. The molecule has 1 N–H and O–H groups in total. The van der Waals surface area contributed by atoms with Crippen molar-refractivity contribution in [3.63, 3.8) is 0 Å². The molecule has 1 fully saturated rings. The van der Waals surface area contributed by atoms with E-state index in [-0.39, 0.29) is 36.4 Å². The van der Waals surface area contributed by atoms with Gasteiger partial charge in [-0.05, 0) is 36.6 Å². The molecule has 6 nitrogen and oxygen atoms in total. The minimum absolute atomic E-state index is 0.00816. The molecule has 0 aromatic heterocycles. The summed E-state index contributed by atoms with van der Waals surface area (Å²) in [6.07, 6.45) is 0.212. The zero-order chi connectivity index (χ0) is 19.7. The maximum absolute atomic E-state index is 13.3. The van der Waals surface area contributed by atoms with Crippen molar-refractivity contribution in [3.8, 4) is 6.07 Å². The number of nitrogens with zero attached hydrogens (tertiary/aromatic N) is 2. The average Bonchev–Trinajstić information content (AvgIpc) is 2.68. The first-order valence-corrected chi connectivity index (χ1v) is 9.74. The quantitative estimate of drug-likeness (QED) is 0.868. The van der Waals surface area contributed by atoms with Crippen molar-refractivity contribution in [1.82, 2.24) is 4.31 Å². The second kappa shape index (κ2) is 7.10. The number of aliphatic carboxylic acids is 1. The fraction of sp³-hybridized carbons (Fsp3) is 0.263. The maximum atomic E-state index is 13.3. The second-order valence-corrected chi connectivity index (χ2v) is 8.32. The SMILES string of the molecule is N#Cc1cc(F)ccc1S(=O)(=O)N1CCC(C(=O)O)(c2ccccc2)CC1. The fourth-order valence-corrected chi connectivity index (χ4v) is 5.01. The van der Waals surface area contributed by atoms with Crippen LogP contribution in [0.1, 0.15) is 24.0 Å². The standard InChI is InChI=1S/C19H17FN2O4S/c20-16-6-7-17(14(12-16)13-21)27(25,26)22-10-8-19(9-11-22,18(23)24)15-4-2-1-3-5-15/h1-7,12H,8-11H2,(H,23,24). The van der Waals surface area contributed by atoms with Gasteiger partial charge in [-0.1, -0.05) is 30.3 Å². The zero-order valence-corrected chi connectivity index (χ0v) is 15.1. The van der Waals surface area contributed by atoms with Crippen LogP contribution in [0.25, 0.3) is 0 Å². The van der Waals surface area contributed by atoms with Crippen LogP contribution in [0.3, 0.4) is 0 Å². The van der Waals surface area contributed by atoms with Crippen molar-refractivity contribution in [1.29, 1.82) is 5.26 Å². The number of benzene rings is 2. The third kappa shape index (κ3) is 3.31. The molecule has 0 spiro atoms. The van der Waals surface area contributed by atoms with Gasteiger partial charge in [-0.2, -0.15) is 9.57 Å². The Balaban J connectivity index is 1.91. The molecule has 3 rings (SSSR count). The van der Waals surface area contributed by atoms with Crippen LogP contribution < -0.4 is 0 Å². The molecule has 0 saturated carbocycles. The van der Waals surface area contributed by atoms with Crippen LogP contribution in [0.15, 0.2) is 53.4 Å². The number of carboxylic acid groups (broad SMARTS) is 1. The number of rotatable bonds is 4. The predicted molar refractivity (Wildman–Crippen MR) is 94.9 cm³/mol. The molecule has 0 atom stereocenters. The van der Waals surface area contributed by atoms with Crippen molar-refractivity contribution in [2.24, 2.45) is 0 Å². The van der Waals surface area contributed by atoms with Crippen LogP contribution in [0.2, 0.25) is 0 Å². The largest absolute Gasteiger partial charge is 0.481 e. The van der Waals surface area contributed by atoms with Gasteiger partial charge in [-0.3, -0.25) is 4.79 Å². The van der Waals surface area contributed by atoms with Crippen molar-refractivity contribution < 1.29 is 22.7 Å². The van der Waals surface area contributed by atoms with E-state index < -0.39 is 27.2 Å². The van der Waals surface area contributed by atoms with Crippen molar-refractivity contribution in [2.75, 3.05) is 13.1 Å². The predicted octanol–water partition coefficient (Wildman–Crippen LogP) is 2.50. The smallest absolute Gasteiger partial charge is 0.314 e. The molecule has 140 valence electrons. The molecule has 1 aliphatic heterocycles. The third-order valence-corrected chi connectivity index (χ3v) is 6.95. The summed E-state index contributed by atoms with van der Waals surface area (Å²) in [4.78, 5) is 11.7. The summed E-state index contributed by atoms with van der Waals surface area (Å²) in [5.74, 6) is -1.69. The van der Waals surface area contributed by atoms with E-state index in [0.717, 1.165) is 22.5 Å². The zero-order valence-electron chi connectivity index (χ0n) is 14.3. The summed E-state index contributed by atoms with van der Waals surface area (Å²) >= 11 is 0. The molecule has 0 aliphatic carbocycles. The highest BCUT2D eigenvalue weighted by Crippen LogP contribution is 2.37. The van der Waals surface area contributed by atoms with Gasteiger partial charge in [0.25, 0.3) is 0 Å². The lowest BCUT2D eigenvalue weighted by Crippen LogP contribution is -2.49. The van der Waals surface area contributed by atoms with E-state index in [4.69, 9.17) is 5.26 Å². The molecule has 1 aliphatic rings. The lowest BCUT2D eigenvalue weighted by Gasteiger charge is -2.38. The van der Waals surface area contributed by atoms with E-state index in [9.17, 15) is 22.7 Å². The van der Waals surface area contributed by atoms with E-state index in [2.05, 4.69) is 0 Å². The number of piperidine rings is 1. The highest BCUT2D eigenvalue weighted by Gasteiger charge is 2.45. The van der Waals surface area contributed by atoms with Crippen molar-refractivity contribution in [3.05, 3.63) is 65.5 Å². The molecule has 27 heavy (non-hydrogen) atoms. The molecule has 2 aromatic carbocycles. The van der Waals surface area contributed by atoms with Crippen LogP contribution in [-0.2, 0) is 20.2 Å². The van der Waals surface area contributed by atoms with E-state index in [0.29, 0.717) is 5.56 Å². The topological polar surface area (TPSA) is 98.5 Å². The van der Waals surface area contributed by atoms with E-state index in [1.807, 2.05) is 0 Å². The van der Waals surface area contributed by atoms with E-state index in [1.165, 1.54) is 0 Å². The van der Waals surface area contributed by atoms with Gasteiger partial charge in [0.2, 0.25) is 10.0 Å². The molecule has 2 aromatic rings. The van der Waals surface area contributed by atoms with Gasteiger partial charge in [0, 0.05) is 13.1 Å². The third-order valence-electron chi connectivity index (χ3n) is 4.99. The normalized spacial score (nSPS) is 17.2. The number of carboxylic acids is 1. The first kappa shape index (κ1) is 19.0. The monoisotopic (exact) mass is 388 g/mol. The van der Waals surface area contributed by atoms with Crippen molar-refractivity contribution >= 4 is 16.0 Å². The van der Waals surface area contributed by atoms with Gasteiger partial charge in [0.15, 0.2) is 0 Å². The number of carbonyl (C=O) groups is 1. The molecule has 0 unspecified atom stereocenters. The first-order valence-electron chi connectivity index (χ1n) is 8.30. The highest BCUT2D eigenvalue weighted by atomic mass is 32.2. The Bertz CT molecular complexity index is 1010. The molecule has 1 saturated heterocycles. The van der Waals surface area contributed by atoms with Gasteiger partial charge in [-0.15, -0.1) is 0 Å². The summed E-state index contributed by atoms with van der Waals surface area (Å²) in [6, 6.07) is 13.4.